The molecule has 0 bridgehead atoms. The monoisotopic (exact) mass is 472 g/mol. The van der Waals surface area contributed by atoms with Gasteiger partial charge in [0.1, 0.15) is 0 Å². The van der Waals surface area contributed by atoms with Gasteiger partial charge in [-0.25, -0.2) is 4.79 Å². The number of morpholine rings is 1. The Balaban J connectivity index is 1.49. The lowest BCUT2D eigenvalue weighted by atomic mass is 10.1. The van der Waals surface area contributed by atoms with Crippen LogP contribution in [-0.2, 0) is 31.8 Å². The molecular weight excluding hydrogens is 440 g/mol. The second-order valence-corrected chi connectivity index (χ2v) is 8.75. The van der Waals surface area contributed by atoms with Gasteiger partial charge >= 0.3 is 5.69 Å². The predicted molar refractivity (Wildman–Crippen MR) is 129 cm³/mol. The first-order valence-electron chi connectivity index (χ1n) is 11.5. The lowest BCUT2D eigenvalue weighted by Crippen LogP contribution is -2.42. The first-order chi connectivity index (χ1) is 16.3. The maximum absolute atomic E-state index is 13.0. The number of nitrogens with zero attached hydrogens (tertiary/aromatic N) is 5. The average Bonchev–Trinajstić information content (AvgIpc) is 3.20. The number of benzene rings is 1. The molecular formula is C23H32N6O5. The van der Waals surface area contributed by atoms with Crippen molar-refractivity contribution in [1.82, 2.24) is 24.0 Å². The van der Waals surface area contributed by atoms with E-state index in [4.69, 9.17) is 9.72 Å². The summed E-state index contributed by atoms with van der Waals surface area (Å²) in [7, 11) is 3.12. The largest absolute Gasteiger partial charge is 0.504 e. The standard InChI is InChI=1S/C23H32N6O5/c1-15-14-28(11-12-34-15)22-25-20-19(21(32)27(3)23(33)26(20)2)29(22)10-4-8-24-9-7-16-5-6-17(30)18(31)13-16/h5-6,13,15,24,30-31H,4,7-12,14H2,1-3H3. The molecule has 3 heterocycles. The zero-order valence-electron chi connectivity index (χ0n) is 19.8. The molecule has 0 spiro atoms. The summed E-state index contributed by atoms with van der Waals surface area (Å²) in [4.78, 5) is 32.3. The molecule has 34 heavy (non-hydrogen) atoms. The molecule has 4 rings (SSSR count). The van der Waals surface area contributed by atoms with E-state index in [1.165, 1.54) is 17.7 Å². The highest BCUT2D eigenvalue weighted by Crippen LogP contribution is 2.25. The van der Waals surface area contributed by atoms with Gasteiger partial charge in [0.05, 0.1) is 12.7 Å². The van der Waals surface area contributed by atoms with E-state index in [0.717, 1.165) is 23.1 Å². The minimum atomic E-state index is -0.397. The molecule has 1 fully saturated rings. The van der Waals surface area contributed by atoms with E-state index in [1.807, 2.05) is 11.5 Å². The maximum atomic E-state index is 13.0. The lowest BCUT2D eigenvalue weighted by Gasteiger charge is -2.32. The summed E-state index contributed by atoms with van der Waals surface area (Å²) in [6.45, 7) is 5.90. The number of aryl methyl sites for hydroxylation is 2. The van der Waals surface area contributed by atoms with Crippen LogP contribution in [0.1, 0.15) is 18.9 Å². The quantitative estimate of drug-likeness (QED) is 0.316. The molecule has 1 unspecified atom stereocenters. The molecule has 2 aromatic heterocycles. The van der Waals surface area contributed by atoms with Gasteiger partial charge in [-0.05, 0) is 50.6 Å². The SMILES string of the molecule is CC1CN(c2nc3c(c(=O)n(C)c(=O)n3C)n2CCCNCCc2ccc(O)c(O)c2)CCO1. The summed E-state index contributed by atoms with van der Waals surface area (Å²) in [5.74, 6) is 0.437. The first kappa shape index (κ1) is 23.8. The van der Waals surface area contributed by atoms with Crippen molar-refractivity contribution >= 4 is 17.1 Å². The second kappa shape index (κ2) is 9.90. The molecule has 184 valence electrons. The summed E-state index contributed by atoms with van der Waals surface area (Å²) in [5.41, 5.74) is 1.00. The average molecular weight is 473 g/mol. The number of phenols is 2. The number of ether oxygens (including phenoxy) is 1. The lowest BCUT2D eigenvalue weighted by molar-refractivity contribution is 0.0524. The molecule has 1 aromatic carbocycles. The van der Waals surface area contributed by atoms with Crippen LogP contribution in [0.5, 0.6) is 11.5 Å². The van der Waals surface area contributed by atoms with Gasteiger partial charge < -0.3 is 29.7 Å². The fourth-order valence-electron chi connectivity index (χ4n) is 4.33. The molecule has 3 N–H and O–H groups in total. The van der Waals surface area contributed by atoms with Crippen molar-refractivity contribution < 1.29 is 14.9 Å². The second-order valence-electron chi connectivity index (χ2n) is 8.75. The number of aromatic nitrogens is 4. The van der Waals surface area contributed by atoms with Crippen molar-refractivity contribution in [3.63, 3.8) is 0 Å². The fraction of sp³-hybridized carbons (Fsp3) is 0.522. The topological polar surface area (TPSA) is 127 Å². The number of imidazole rings is 1. The van der Waals surface area contributed by atoms with Gasteiger partial charge in [-0.15, -0.1) is 0 Å². The summed E-state index contributed by atoms with van der Waals surface area (Å²) in [6.07, 6.45) is 1.52. The van der Waals surface area contributed by atoms with Gasteiger partial charge in [-0.2, -0.15) is 4.98 Å². The van der Waals surface area contributed by atoms with Gasteiger partial charge in [-0.3, -0.25) is 13.9 Å². The number of phenolic OH excluding ortho intramolecular Hbond substituents is 2. The molecule has 0 saturated carbocycles. The highest BCUT2D eigenvalue weighted by atomic mass is 16.5. The molecule has 11 heteroatoms. The van der Waals surface area contributed by atoms with Crippen LogP contribution < -0.4 is 21.5 Å². The molecule has 11 nitrogen and oxygen atoms in total. The molecule has 1 saturated heterocycles. The van der Waals surface area contributed by atoms with E-state index in [1.54, 1.807) is 19.2 Å². The molecule has 1 atom stereocenters. The van der Waals surface area contributed by atoms with Crippen LogP contribution in [0.25, 0.3) is 11.2 Å². The Labute approximate surface area is 196 Å². The number of hydrogen-bond donors (Lipinski definition) is 3. The minimum Gasteiger partial charge on any atom is -0.504 e. The van der Waals surface area contributed by atoms with Crippen LogP contribution in [-0.4, -0.2) is 67.8 Å². The van der Waals surface area contributed by atoms with Crippen molar-refractivity contribution in [3.05, 3.63) is 44.6 Å². The number of nitrogens with one attached hydrogen (secondary N) is 1. The number of hydrogen-bond acceptors (Lipinski definition) is 8. The molecule has 0 aliphatic carbocycles. The highest BCUT2D eigenvalue weighted by molar-refractivity contribution is 5.74. The maximum Gasteiger partial charge on any atom is 0.332 e. The van der Waals surface area contributed by atoms with Crippen molar-refractivity contribution in [2.45, 2.75) is 32.4 Å². The van der Waals surface area contributed by atoms with E-state index in [0.29, 0.717) is 56.3 Å². The number of fused-ring (bicyclic) bond motifs is 1. The van der Waals surface area contributed by atoms with Crippen molar-refractivity contribution in [2.75, 3.05) is 37.7 Å². The normalized spacial score (nSPS) is 16.4. The van der Waals surface area contributed by atoms with Gasteiger partial charge in [-0.1, -0.05) is 6.07 Å². The van der Waals surface area contributed by atoms with Crippen molar-refractivity contribution in [2.24, 2.45) is 14.1 Å². The first-order valence-corrected chi connectivity index (χ1v) is 11.5. The van der Waals surface area contributed by atoms with E-state index >= 15 is 0 Å². The van der Waals surface area contributed by atoms with E-state index < -0.39 is 5.69 Å². The molecule has 0 radical (unpaired) electrons. The predicted octanol–water partition coefficient (Wildman–Crippen LogP) is 0.292. The molecule has 3 aromatic rings. The third-order valence-electron chi connectivity index (χ3n) is 6.22. The van der Waals surface area contributed by atoms with Crippen LogP contribution in [0.3, 0.4) is 0 Å². The van der Waals surface area contributed by atoms with E-state index in [9.17, 15) is 19.8 Å². The van der Waals surface area contributed by atoms with Crippen molar-refractivity contribution in [1.29, 1.82) is 0 Å². The highest BCUT2D eigenvalue weighted by Gasteiger charge is 2.25. The molecule has 1 aliphatic rings. The third-order valence-corrected chi connectivity index (χ3v) is 6.22. The van der Waals surface area contributed by atoms with Gasteiger partial charge in [0.15, 0.2) is 22.7 Å². The Kier molecular flexibility index (Phi) is 6.94. The summed E-state index contributed by atoms with van der Waals surface area (Å²) < 4.78 is 10.1. The van der Waals surface area contributed by atoms with Crippen LogP contribution in [0.2, 0.25) is 0 Å². The molecule has 1 aliphatic heterocycles. The van der Waals surface area contributed by atoms with Gasteiger partial charge in [0, 0.05) is 33.7 Å². The minimum absolute atomic E-state index is 0.0506. The fourth-order valence-corrected chi connectivity index (χ4v) is 4.33. The van der Waals surface area contributed by atoms with Crippen molar-refractivity contribution in [3.8, 4) is 11.5 Å². The number of rotatable bonds is 8. The van der Waals surface area contributed by atoms with Crippen LogP contribution in [0.4, 0.5) is 5.95 Å². The Morgan fingerprint density at radius 2 is 1.94 bits per heavy atom. The van der Waals surface area contributed by atoms with Gasteiger partial charge in [0.25, 0.3) is 5.56 Å². The summed E-state index contributed by atoms with van der Waals surface area (Å²) in [6, 6.07) is 4.82. The van der Waals surface area contributed by atoms with E-state index in [-0.39, 0.29) is 23.2 Å². The molecule has 0 amide bonds. The number of aromatic hydroxyl groups is 2. The Bertz CT molecular complexity index is 1290. The summed E-state index contributed by atoms with van der Waals surface area (Å²) >= 11 is 0. The zero-order chi connectivity index (χ0) is 24.4. The third kappa shape index (κ3) is 4.66. The Hall–Kier alpha value is -3.31. The zero-order valence-corrected chi connectivity index (χ0v) is 19.8. The Morgan fingerprint density at radius 3 is 2.68 bits per heavy atom. The number of anilines is 1. The van der Waals surface area contributed by atoms with Crippen LogP contribution >= 0.6 is 0 Å². The van der Waals surface area contributed by atoms with Crippen LogP contribution in [0.15, 0.2) is 27.8 Å². The smallest absolute Gasteiger partial charge is 0.332 e. The summed E-state index contributed by atoms with van der Waals surface area (Å²) in [5, 5.41) is 22.4. The van der Waals surface area contributed by atoms with E-state index in [2.05, 4.69) is 10.2 Å². The van der Waals surface area contributed by atoms with Gasteiger partial charge in [0.2, 0.25) is 5.95 Å². The Morgan fingerprint density at radius 1 is 1.15 bits per heavy atom. The van der Waals surface area contributed by atoms with Crippen LogP contribution in [0, 0.1) is 0 Å².